The smallest absolute Gasteiger partial charge is 0.120 e. The Bertz CT molecular complexity index is 502. The first-order valence-corrected chi connectivity index (χ1v) is 7.05. The molecule has 0 saturated carbocycles. The summed E-state index contributed by atoms with van der Waals surface area (Å²) in [4.78, 5) is 0. The maximum absolute atomic E-state index is 5.68. The Morgan fingerprint density at radius 1 is 1.06 bits per heavy atom. The van der Waals surface area contributed by atoms with Crippen LogP contribution >= 0.6 is 11.3 Å². The Morgan fingerprint density at radius 2 is 1.67 bits per heavy atom. The quantitative estimate of drug-likeness (QED) is 0.856. The minimum absolute atomic E-state index is 0.402. The Hall–Kier alpha value is -1.42. The molecule has 0 aliphatic carbocycles. The molecule has 1 atom stereocenters. The van der Waals surface area contributed by atoms with Gasteiger partial charge in [-0.25, -0.2) is 0 Å². The van der Waals surface area contributed by atoms with Crippen molar-refractivity contribution >= 4 is 17.0 Å². The lowest BCUT2D eigenvalue weighted by Crippen LogP contribution is -1.98. The van der Waals surface area contributed by atoms with Gasteiger partial charge >= 0.3 is 0 Å². The number of rotatable bonds is 4. The van der Waals surface area contributed by atoms with Crippen LogP contribution in [0.15, 0.2) is 24.3 Å². The number of nitrogen functional groups attached to an aromatic ring is 1. The zero-order valence-electron chi connectivity index (χ0n) is 11.1. The van der Waals surface area contributed by atoms with Crippen LogP contribution in [0.25, 0.3) is 0 Å². The van der Waals surface area contributed by atoms with Crippen molar-refractivity contribution in [3.05, 3.63) is 39.8 Å². The van der Waals surface area contributed by atoms with Crippen molar-refractivity contribution in [3.63, 3.8) is 0 Å². The molecule has 2 aromatic rings. The summed E-state index contributed by atoms with van der Waals surface area (Å²) in [6.45, 7) is 6.49. The average Bonchev–Trinajstić information content (AvgIpc) is 2.81. The summed E-state index contributed by atoms with van der Waals surface area (Å²) in [6.07, 6.45) is 0.979. The van der Waals surface area contributed by atoms with Gasteiger partial charge in [-0.2, -0.15) is 0 Å². The Morgan fingerprint density at radius 3 is 2.22 bits per heavy atom. The van der Waals surface area contributed by atoms with Crippen molar-refractivity contribution in [2.75, 3.05) is 5.73 Å². The fraction of sp³-hybridized carbons (Fsp3) is 0.429. The van der Waals surface area contributed by atoms with Crippen LogP contribution in [0.3, 0.4) is 0 Å². The molecule has 0 bridgehead atoms. The number of benzene rings is 1. The second kappa shape index (κ2) is 5.48. The van der Waals surface area contributed by atoms with E-state index in [4.69, 9.17) is 5.73 Å². The van der Waals surface area contributed by atoms with Crippen LogP contribution in [0.5, 0.6) is 0 Å². The molecule has 1 aromatic carbocycles. The maximum Gasteiger partial charge on any atom is 0.120 e. The van der Waals surface area contributed by atoms with E-state index in [2.05, 4.69) is 43.1 Å². The summed E-state index contributed by atoms with van der Waals surface area (Å²) in [5.41, 5.74) is 7.78. The fourth-order valence-corrected chi connectivity index (χ4v) is 2.67. The van der Waals surface area contributed by atoms with E-state index < -0.39 is 0 Å². The van der Waals surface area contributed by atoms with Crippen molar-refractivity contribution in [2.24, 2.45) is 0 Å². The standard InChI is InChI=1S/C14H19N3S/c1-9(2)13-16-17-14(18-13)10(3)8-11-4-6-12(15)7-5-11/h4-7,9-10H,8,15H2,1-3H3. The van der Waals surface area contributed by atoms with E-state index in [9.17, 15) is 0 Å². The van der Waals surface area contributed by atoms with Gasteiger partial charge in [0.15, 0.2) is 0 Å². The Balaban J connectivity index is 2.06. The van der Waals surface area contributed by atoms with Crippen LogP contribution in [0.4, 0.5) is 5.69 Å². The molecule has 2 rings (SSSR count). The van der Waals surface area contributed by atoms with Gasteiger partial charge in [0.2, 0.25) is 0 Å². The highest BCUT2D eigenvalue weighted by molar-refractivity contribution is 7.11. The highest BCUT2D eigenvalue weighted by Crippen LogP contribution is 2.27. The lowest BCUT2D eigenvalue weighted by atomic mass is 10.0. The van der Waals surface area contributed by atoms with Gasteiger partial charge in [-0.05, 0) is 24.1 Å². The maximum atomic E-state index is 5.68. The topological polar surface area (TPSA) is 51.8 Å². The van der Waals surface area contributed by atoms with Gasteiger partial charge in [0.1, 0.15) is 10.0 Å². The molecule has 18 heavy (non-hydrogen) atoms. The molecular weight excluding hydrogens is 242 g/mol. The highest BCUT2D eigenvalue weighted by atomic mass is 32.1. The number of hydrogen-bond donors (Lipinski definition) is 1. The van der Waals surface area contributed by atoms with E-state index >= 15 is 0 Å². The van der Waals surface area contributed by atoms with E-state index in [1.54, 1.807) is 11.3 Å². The van der Waals surface area contributed by atoms with Gasteiger partial charge in [-0.1, -0.05) is 32.9 Å². The number of aromatic nitrogens is 2. The highest BCUT2D eigenvalue weighted by Gasteiger charge is 2.14. The Kier molecular flexibility index (Phi) is 3.97. The molecule has 0 amide bonds. The van der Waals surface area contributed by atoms with Gasteiger partial charge in [-0.3, -0.25) is 0 Å². The third kappa shape index (κ3) is 3.07. The summed E-state index contributed by atoms with van der Waals surface area (Å²) in [7, 11) is 0. The molecule has 2 N–H and O–H groups in total. The van der Waals surface area contributed by atoms with Crippen molar-refractivity contribution in [2.45, 2.75) is 39.0 Å². The predicted molar refractivity (Wildman–Crippen MR) is 77.0 cm³/mol. The molecule has 0 aliphatic heterocycles. The van der Waals surface area contributed by atoms with Gasteiger partial charge in [0.25, 0.3) is 0 Å². The minimum Gasteiger partial charge on any atom is -0.399 e. The van der Waals surface area contributed by atoms with E-state index in [1.807, 2.05) is 12.1 Å². The van der Waals surface area contributed by atoms with Crippen LogP contribution in [-0.2, 0) is 6.42 Å². The first-order valence-electron chi connectivity index (χ1n) is 6.24. The van der Waals surface area contributed by atoms with Gasteiger partial charge in [0.05, 0.1) is 0 Å². The summed E-state index contributed by atoms with van der Waals surface area (Å²) < 4.78 is 0. The number of hydrogen-bond acceptors (Lipinski definition) is 4. The normalized spacial score (nSPS) is 12.9. The first-order chi connectivity index (χ1) is 8.56. The van der Waals surface area contributed by atoms with Crippen molar-refractivity contribution in [3.8, 4) is 0 Å². The molecule has 0 radical (unpaired) electrons. The van der Waals surface area contributed by atoms with Crippen molar-refractivity contribution in [1.29, 1.82) is 0 Å². The van der Waals surface area contributed by atoms with Crippen LogP contribution in [-0.4, -0.2) is 10.2 Å². The number of nitrogens with two attached hydrogens (primary N) is 1. The fourth-order valence-electron chi connectivity index (χ4n) is 1.77. The molecular formula is C14H19N3S. The molecule has 1 aromatic heterocycles. The summed E-state index contributed by atoms with van der Waals surface area (Å²) in [5, 5.41) is 10.8. The van der Waals surface area contributed by atoms with Crippen LogP contribution < -0.4 is 5.73 Å². The van der Waals surface area contributed by atoms with Crippen LogP contribution in [0.2, 0.25) is 0 Å². The average molecular weight is 261 g/mol. The van der Waals surface area contributed by atoms with E-state index in [-0.39, 0.29) is 0 Å². The SMILES string of the molecule is CC(C)c1nnc(C(C)Cc2ccc(N)cc2)s1. The van der Waals surface area contributed by atoms with E-state index in [1.165, 1.54) is 5.56 Å². The molecule has 3 nitrogen and oxygen atoms in total. The third-order valence-corrected chi connectivity index (χ3v) is 4.35. The van der Waals surface area contributed by atoms with E-state index in [0.717, 1.165) is 22.1 Å². The largest absolute Gasteiger partial charge is 0.399 e. The summed E-state index contributed by atoms with van der Waals surface area (Å²) in [6, 6.07) is 8.05. The van der Waals surface area contributed by atoms with Crippen LogP contribution in [0.1, 0.15) is 48.2 Å². The Labute approximate surface area is 112 Å². The molecule has 0 aliphatic rings. The molecule has 0 spiro atoms. The lowest BCUT2D eigenvalue weighted by Gasteiger charge is -2.07. The van der Waals surface area contributed by atoms with Gasteiger partial charge in [0, 0.05) is 17.5 Å². The van der Waals surface area contributed by atoms with Crippen molar-refractivity contribution in [1.82, 2.24) is 10.2 Å². The third-order valence-electron chi connectivity index (χ3n) is 2.89. The van der Waals surface area contributed by atoms with Gasteiger partial charge in [-0.15, -0.1) is 21.5 Å². The predicted octanol–water partition coefficient (Wildman–Crippen LogP) is 3.59. The van der Waals surface area contributed by atoms with Gasteiger partial charge < -0.3 is 5.73 Å². The molecule has 1 unspecified atom stereocenters. The second-order valence-electron chi connectivity index (χ2n) is 4.98. The lowest BCUT2D eigenvalue weighted by molar-refractivity contribution is 0.730. The molecule has 0 saturated heterocycles. The zero-order valence-corrected chi connectivity index (χ0v) is 11.9. The molecule has 0 fully saturated rings. The number of anilines is 1. The zero-order chi connectivity index (χ0) is 13.1. The first kappa shape index (κ1) is 13.0. The van der Waals surface area contributed by atoms with E-state index in [0.29, 0.717) is 11.8 Å². The molecule has 96 valence electrons. The monoisotopic (exact) mass is 261 g/mol. The minimum atomic E-state index is 0.402. The molecule has 1 heterocycles. The van der Waals surface area contributed by atoms with Crippen molar-refractivity contribution < 1.29 is 0 Å². The summed E-state index contributed by atoms with van der Waals surface area (Å²) in [5.74, 6) is 0.860. The molecule has 4 heteroatoms. The summed E-state index contributed by atoms with van der Waals surface area (Å²) >= 11 is 1.72. The number of nitrogens with zero attached hydrogens (tertiary/aromatic N) is 2. The second-order valence-corrected chi connectivity index (χ2v) is 6.02. The van der Waals surface area contributed by atoms with Crippen LogP contribution in [0, 0.1) is 0 Å².